The zero-order chi connectivity index (χ0) is 38.9. The van der Waals surface area contributed by atoms with Crippen molar-refractivity contribution < 1.29 is 35.8 Å². The Kier molecular flexibility index (Phi) is 8.12. The summed E-state index contributed by atoms with van der Waals surface area (Å²) in [5.74, 6) is 2.07. The highest BCUT2D eigenvalue weighted by Gasteiger charge is 2.38. The van der Waals surface area contributed by atoms with E-state index in [-0.39, 0.29) is 11.1 Å². The molecule has 56 heavy (non-hydrogen) atoms. The largest absolute Gasteiger partial charge is 0.453 e. The van der Waals surface area contributed by atoms with Gasteiger partial charge in [-0.25, -0.2) is 0 Å². The van der Waals surface area contributed by atoms with Crippen molar-refractivity contribution in [3.63, 3.8) is 0 Å². The third-order valence-electron chi connectivity index (χ3n) is 10.2. The van der Waals surface area contributed by atoms with Gasteiger partial charge in [0.2, 0.25) is 0 Å². The number of nitrogens with zero attached hydrogens (tertiary/aromatic N) is 2. The van der Waals surface area contributed by atoms with Crippen LogP contribution in [0.4, 0.5) is 60.5 Å². The fourth-order valence-corrected chi connectivity index (χ4v) is 7.83. The standard InChI is InChI=1S/C46H30F6N2O2/c1-27-41(29-13-11-15-31(25-29)45(47,48)49)43(53-33-17-3-7-21-37(33)55-38-22-8-4-18-34(38)53)28(2)44(42(27)30-14-12-16-32(26-30)46(50,51)52)54-35-19-5-9-23-39(35)56-40-24-10-6-20-36(40)54/h3-26H,1-2H3. The summed E-state index contributed by atoms with van der Waals surface area (Å²) in [6.07, 6.45) is -9.33. The van der Waals surface area contributed by atoms with E-state index in [4.69, 9.17) is 9.47 Å². The Hall–Kier alpha value is -6.68. The number of ether oxygens (including phenoxy) is 2. The maximum atomic E-state index is 14.4. The lowest BCUT2D eigenvalue weighted by Crippen LogP contribution is -2.22. The Morgan fingerprint density at radius 2 is 0.714 bits per heavy atom. The molecular weight excluding hydrogens is 727 g/mol. The third kappa shape index (κ3) is 5.71. The average Bonchev–Trinajstić information content (AvgIpc) is 3.19. The molecule has 0 fully saturated rings. The lowest BCUT2D eigenvalue weighted by molar-refractivity contribution is -0.138. The molecule has 0 radical (unpaired) electrons. The lowest BCUT2D eigenvalue weighted by atomic mass is 9.84. The van der Waals surface area contributed by atoms with Gasteiger partial charge in [-0.1, -0.05) is 72.8 Å². The molecule has 0 unspecified atom stereocenters. The van der Waals surface area contributed by atoms with Crippen molar-refractivity contribution in [2.45, 2.75) is 26.2 Å². The van der Waals surface area contributed by atoms with Gasteiger partial charge in [-0.2, -0.15) is 26.3 Å². The molecule has 0 bridgehead atoms. The second-order valence-electron chi connectivity index (χ2n) is 13.6. The number of hydrogen-bond donors (Lipinski definition) is 0. The topological polar surface area (TPSA) is 24.9 Å². The molecule has 7 aromatic carbocycles. The van der Waals surface area contributed by atoms with E-state index in [0.717, 1.165) is 24.3 Å². The van der Waals surface area contributed by atoms with Gasteiger partial charge in [-0.15, -0.1) is 0 Å². The van der Waals surface area contributed by atoms with Crippen molar-refractivity contribution in [2.75, 3.05) is 9.80 Å². The van der Waals surface area contributed by atoms with Gasteiger partial charge in [-0.05, 0) is 109 Å². The first-order valence-electron chi connectivity index (χ1n) is 17.7. The molecule has 2 aliphatic heterocycles. The first-order valence-corrected chi connectivity index (χ1v) is 17.7. The van der Waals surface area contributed by atoms with E-state index in [1.54, 1.807) is 19.1 Å². The normalized spacial score (nSPS) is 13.2. The van der Waals surface area contributed by atoms with E-state index in [9.17, 15) is 26.3 Å². The zero-order valence-electron chi connectivity index (χ0n) is 29.8. The highest BCUT2D eigenvalue weighted by atomic mass is 19.4. The monoisotopic (exact) mass is 756 g/mol. The predicted octanol–water partition coefficient (Wildman–Crippen LogP) is 14.8. The second-order valence-corrected chi connectivity index (χ2v) is 13.6. The zero-order valence-corrected chi connectivity index (χ0v) is 29.8. The number of para-hydroxylation sites is 8. The number of fused-ring (bicyclic) bond motifs is 4. The van der Waals surface area contributed by atoms with Crippen LogP contribution in [-0.2, 0) is 12.4 Å². The van der Waals surface area contributed by atoms with Crippen molar-refractivity contribution in [3.8, 4) is 45.3 Å². The van der Waals surface area contributed by atoms with E-state index in [1.165, 1.54) is 12.1 Å². The van der Waals surface area contributed by atoms with Crippen LogP contribution in [0, 0.1) is 13.8 Å². The number of rotatable bonds is 4. The van der Waals surface area contributed by atoms with E-state index in [0.29, 0.717) is 79.4 Å². The Labute approximate surface area is 318 Å². The summed E-state index contributed by atoms with van der Waals surface area (Å²) in [6, 6.07) is 39.6. The summed E-state index contributed by atoms with van der Waals surface area (Å²) in [5, 5.41) is 0. The van der Waals surface area contributed by atoms with Crippen LogP contribution < -0.4 is 19.3 Å². The minimum absolute atomic E-state index is 0.236. The van der Waals surface area contributed by atoms with Crippen LogP contribution in [0.2, 0.25) is 0 Å². The molecule has 7 aromatic rings. The molecule has 0 spiro atoms. The van der Waals surface area contributed by atoms with Gasteiger partial charge in [0.05, 0.1) is 45.3 Å². The van der Waals surface area contributed by atoms with Crippen molar-refractivity contribution >= 4 is 34.1 Å². The first kappa shape index (κ1) is 35.0. The van der Waals surface area contributed by atoms with Crippen LogP contribution in [-0.4, -0.2) is 0 Å². The first-order chi connectivity index (χ1) is 26.9. The fraction of sp³-hybridized carbons (Fsp3) is 0.0870. The molecule has 4 nitrogen and oxygen atoms in total. The third-order valence-corrected chi connectivity index (χ3v) is 10.2. The molecule has 0 saturated carbocycles. The molecule has 0 saturated heterocycles. The Bertz CT molecular complexity index is 2420. The summed E-state index contributed by atoms with van der Waals surface area (Å²) in [7, 11) is 0. The van der Waals surface area contributed by atoms with E-state index in [2.05, 4.69) is 0 Å². The van der Waals surface area contributed by atoms with E-state index in [1.807, 2.05) is 114 Å². The van der Waals surface area contributed by atoms with Crippen LogP contribution in [0.1, 0.15) is 22.3 Å². The molecule has 0 atom stereocenters. The number of anilines is 6. The summed E-state index contributed by atoms with van der Waals surface area (Å²) in [6.45, 7) is 3.62. The summed E-state index contributed by atoms with van der Waals surface area (Å²) in [5.41, 5.74) is 4.17. The Morgan fingerprint density at radius 3 is 1.04 bits per heavy atom. The van der Waals surface area contributed by atoms with Gasteiger partial charge in [0.1, 0.15) is 0 Å². The number of halogens is 6. The van der Waals surface area contributed by atoms with Crippen LogP contribution >= 0.6 is 0 Å². The summed E-state index contributed by atoms with van der Waals surface area (Å²) in [4.78, 5) is 3.95. The fourth-order valence-electron chi connectivity index (χ4n) is 7.83. The lowest BCUT2D eigenvalue weighted by Gasteiger charge is -2.40. The molecule has 0 aliphatic carbocycles. The summed E-state index contributed by atoms with van der Waals surface area (Å²) < 4.78 is 99.4. The highest BCUT2D eigenvalue weighted by molar-refractivity contribution is 6.06. The smallest absolute Gasteiger partial charge is 0.416 e. The molecule has 2 heterocycles. The molecule has 10 heteroatoms. The molecule has 278 valence electrons. The minimum Gasteiger partial charge on any atom is -0.453 e. The SMILES string of the molecule is Cc1c(-c2cccc(C(F)(F)F)c2)c(N2c3ccccc3Oc3ccccc32)c(C)c(N2c3ccccc3Oc3ccccc32)c1-c1cccc(C(F)(F)F)c1. The molecule has 2 aliphatic rings. The minimum atomic E-state index is -4.66. The Morgan fingerprint density at radius 1 is 0.393 bits per heavy atom. The maximum Gasteiger partial charge on any atom is 0.416 e. The van der Waals surface area contributed by atoms with Gasteiger partial charge >= 0.3 is 12.4 Å². The van der Waals surface area contributed by atoms with Crippen LogP contribution in [0.5, 0.6) is 23.0 Å². The van der Waals surface area contributed by atoms with Gasteiger partial charge < -0.3 is 19.3 Å². The van der Waals surface area contributed by atoms with Crippen molar-refractivity contribution in [1.29, 1.82) is 0 Å². The predicted molar refractivity (Wildman–Crippen MR) is 206 cm³/mol. The molecule has 9 rings (SSSR count). The van der Waals surface area contributed by atoms with Crippen molar-refractivity contribution in [2.24, 2.45) is 0 Å². The van der Waals surface area contributed by atoms with Crippen LogP contribution in [0.25, 0.3) is 22.3 Å². The van der Waals surface area contributed by atoms with E-state index < -0.39 is 23.5 Å². The van der Waals surface area contributed by atoms with Gasteiger partial charge in [0.25, 0.3) is 0 Å². The molecule has 0 aromatic heterocycles. The number of alkyl halides is 6. The van der Waals surface area contributed by atoms with Crippen molar-refractivity contribution in [1.82, 2.24) is 0 Å². The highest BCUT2D eigenvalue weighted by Crippen LogP contribution is 2.60. The second kappa shape index (κ2) is 13.0. The van der Waals surface area contributed by atoms with Gasteiger partial charge in [0, 0.05) is 11.1 Å². The molecular formula is C46H30F6N2O2. The maximum absolute atomic E-state index is 14.4. The molecule has 0 N–H and O–H groups in total. The summed E-state index contributed by atoms with van der Waals surface area (Å²) >= 11 is 0. The van der Waals surface area contributed by atoms with Gasteiger partial charge in [0.15, 0.2) is 23.0 Å². The van der Waals surface area contributed by atoms with Crippen LogP contribution in [0.3, 0.4) is 0 Å². The average molecular weight is 757 g/mol. The van der Waals surface area contributed by atoms with Crippen LogP contribution in [0.15, 0.2) is 146 Å². The van der Waals surface area contributed by atoms with Gasteiger partial charge in [-0.3, -0.25) is 0 Å². The number of benzene rings is 7. The number of hydrogen-bond acceptors (Lipinski definition) is 4. The molecule has 0 amide bonds. The Balaban J connectivity index is 1.49. The quantitative estimate of drug-likeness (QED) is 0.167. The van der Waals surface area contributed by atoms with Crippen molar-refractivity contribution in [3.05, 3.63) is 168 Å². The van der Waals surface area contributed by atoms with E-state index >= 15 is 0 Å².